The molecule has 1 nitrogen and oxygen atoms in total. The fraction of sp³-hybridized carbons (Fsp3) is 0.391. The highest BCUT2D eigenvalue weighted by molar-refractivity contribution is 5.33. The lowest BCUT2D eigenvalue weighted by molar-refractivity contribution is 0.292. The van der Waals surface area contributed by atoms with Gasteiger partial charge in [0.15, 0.2) is 0 Å². The maximum absolute atomic E-state index is 5.93. The van der Waals surface area contributed by atoms with Crippen LogP contribution in [0.5, 0.6) is 5.75 Å². The van der Waals surface area contributed by atoms with Gasteiger partial charge in [-0.3, -0.25) is 0 Å². The van der Waals surface area contributed by atoms with E-state index in [4.69, 9.17) is 4.74 Å². The Kier molecular flexibility index (Phi) is 5.74. The minimum Gasteiger partial charge on any atom is -0.489 e. The van der Waals surface area contributed by atoms with Gasteiger partial charge in [0.2, 0.25) is 0 Å². The van der Waals surface area contributed by atoms with E-state index in [9.17, 15) is 0 Å². The van der Waals surface area contributed by atoms with Crippen LogP contribution in [0.4, 0.5) is 0 Å². The maximum Gasteiger partial charge on any atom is 0.119 e. The van der Waals surface area contributed by atoms with Crippen molar-refractivity contribution in [3.63, 3.8) is 0 Å². The van der Waals surface area contributed by atoms with Gasteiger partial charge in [-0.2, -0.15) is 0 Å². The predicted octanol–water partition coefficient (Wildman–Crippen LogP) is 6.43. The predicted molar refractivity (Wildman–Crippen MR) is 101 cm³/mol. The molecule has 0 atom stereocenters. The molecule has 1 aliphatic carbocycles. The van der Waals surface area contributed by atoms with E-state index in [2.05, 4.69) is 67.6 Å². The summed E-state index contributed by atoms with van der Waals surface area (Å²) in [5.74, 6) is 0.958. The van der Waals surface area contributed by atoms with E-state index in [1.807, 2.05) is 6.07 Å². The molecule has 126 valence electrons. The van der Waals surface area contributed by atoms with Crippen LogP contribution >= 0.6 is 0 Å². The third kappa shape index (κ3) is 4.08. The van der Waals surface area contributed by atoms with Crippen molar-refractivity contribution in [3.8, 4) is 5.75 Å². The van der Waals surface area contributed by atoms with Crippen LogP contribution in [0.25, 0.3) is 0 Å². The van der Waals surface area contributed by atoms with Gasteiger partial charge in [-0.25, -0.2) is 0 Å². The van der Waals surface area contributed by atoms with Crippen LogP contribution in [0.1, 0.15) is 56.6 Å². The van der Waals surface area contributed by atoms with E-state index in [1.54, 1.807) is 0 Å². The summed E-state index contributed by atoms with van der Waals surface area (Å²) in [6.45, 7) is 2.75. The summed E-state index contributed by atoms with van der Waals surface area (Å²) in [6.07, 6.45) is 12.4. The van der Waals surface area contributed by atoms with Gasteiger partial charge in [-0.15, -0.1) is 0 Å². The monoisotopic (exact) mass is 320 g/mol. The minimum absolute atomic E-state index is 0.336. The Balaban J connectivity index is 1.69. The minimum atomic E-state index is 0.336. The van der Waals surface area contributed by atoms with Crippen molar-refractivity contribution in [3.05, 3.63) is 77.9 Å². The molecule has 2 aromatic carbocycles. The number of ether oxygens (including phenoxy) is 1. The van der Waals surface area contributed by atoms with Crippen molar-refractivity contribution in [2.75, 3.05) is 0 Å². The molecule has 0 bridgehead atoms. The molecule has 3 rings (SSSR count). The van der Waals surface area contributed by atoms with Crippen molar-refractivity contribution in [2.24, 2.45) is 0 Å². The van der Waals surface area contributed by atoms with Gasteiger partial charge in [-0.05, 0) is 54.9 Å². The third-order valence-corrected chi connectivity index (χ3v) is 5.27. The molecule has 0 radical (unpaired) electrons. The van der Waals surface area contributed by atoms with E-state index in [-0.39, 0.29) is 0 Å². The summed E-state index contributed by atoms with van der Waals surface area (Å²) < 4.78 is 5.93. The second-order valence-electron chi connectivity index (χ2n) is 6.91. The molecule has 0 unspecified atom stereocenters. The third-order valence-electron chi connectivity index (χ3n) is 5.27. The lowest BCUT2D eigenvalue weighted by atomic mass is 9.67. The molecule has 0 N–H and O–H groups in total. The smallest absolute Gasteiger partial charge is 0.119 e. The highest BCUT2D eigenvalue weighted by Crippen LogP contribution is 2.42. The van der Waals surface area contributed by atoms with Crippen LogP contribution in [0.15, 0.2) is 66.7 Å². The fourth-order valence-electron chi connectivity index (χ4n) is 3.83. The molecule has 0 spiro atoms. The van der Waals surface area contributed by atoms with Crippen LogP contribution in [-0.4, -0.2) is 0 Å². The average Bonchev–Trinajstić information content (AvgIpc) is 2.67. The van der Waals surface area contributed by atoms with Gasteiger partial charge in [0, 0.05) is 0 Å². The first-order chi connectivity index (χ1) is 11.8. The first-order valence-corrected chi connectivity index (χ1v) is 9.21. The zero-order chi connectivity index (χ0) is 16.7. The van der Waals surface area contributed by atoms with Crippen molar-refractivity contribution >= 4 is 0 Å². The first-order valence-electron chi connectivity index (χ1n) is 9.21. The van der Waals surface area contributed by atoms with Crippen LogP contribution in [0.3, 0.4) is 0 Å². The normalized spacial score (nSPS) is 17.0. The molecule has 1 saturated carbocycles. The molecule has 1 heteroatoms. The molecule has 1 fully saturated rings. The van der Waals surface area contributed by atoms with Crippen LogP contribution in [0, 0.1) is 0 Å². The Bertz CT molecular complexity index is 633. The summed E-state index contributed by atoms with van der Waals surface area (Å²) in [4.78, 5) is 0. The lowest BCUT2D eigenvalue weighted by Crippen LogP contribution is -2.28. The van der Waals surface area contributed by atoms with Gasteiger partial charge in [0.25, 0.3) is 0 Å². The Morgan fingerprint density at radius 2 is 1.62 bits per heavy atom. The standard InChI is InChI=1S/C23H28O/c1-2-3-16-23(17-8-5-9-18-23)21-12-14-22(15-13-21)24-19-20-10-6-4-7-11-20/h2-4,6-7,10-15H,5,8-9,16-19H2,1H3. The number of benzene rings is 2. The average molecular weight is 320 g/mol. The van der Waals surface area contributed by atoms with E-state index in [0.717, 1.165) is 12.2 Å². The second-order valence-corrected chi connectivity index (χ2v) is 6.91. The summed E-state index contributed by atoms with van der Waals surface area (Å²) in [7, 11) is 0. The molecule has 1 aliphatic rings. The van der Waals surface area contributed by atoms with Crippen LogP contribution in [-0.2, 0) is 12.0 Å². The molecule has 0 heterocycles. The number of hydrogen-bond donors (Lipinski definition) is 0. The summed E-state index contributed by atoms with van der Waals surface area (Å²) in [6, 6.07) is 19.2. The Hall–Kier alpha value is -2.02. The maximum atomic E-state index is 5.93. The molecular weight excluding hydrogens is 292 g/mol. The summed E-state index contributed by atoms with van der Waals surface area (Å²) in [5.41, 5.74) is 3.02. The Labute approximate surface area is 146 Å². The number of rotatable bonds is 6. The first kappa shape index (κ1) is 16.8. The van der Waals surface area contributed by atoms with Crippen molar-refractivity contribution in [1.82, 2.24) is 0 Å². The Morgan fingerprint density at radius 1 is 0.917 bits per heavy atom. The van der Waals surface area contributed by atoms with Gasteiger partial charge < -0.3 is 4.74 Å². The molecule has 0 aliphatic heterocycles. The zero-order valence-corrected chi connectivity index (χ0v) is 14.7. The lowest BCUT2D eigenvalue weighted by Gasteiger charge is -2.37. The molecular formula is C23H28O. The van der Waals surface area contributed by atoms with E-state index in [0.29, 0.717) is 12.0 Å². The Morgan fingerprint density at radius 3 is 2.29 bits per heavy atom. The largest absolute Gasteiger partial charge is 0.489 e. The molecule has 0 aromatic heterocycles. The van der Waals surface area contributed by atoms with Crippen LogP contribution in [0.2, 0.25) is 0 Å². The zero-order valence-electron chi connectivity index (χ0n) is 14.7. The van der Waals surface area contributed by atoms with E-state index >= 15 is 0 Å². The van der Waals surface area contributed by atoms with Crippen molar-refractivity contribution in [2.45, 2.75) is 57.5 Å². The quantitative estimate of drug-likeness (QED) is 0.557. The van der Waals surface area contributed by atoms with Crippen molar-refractivity contribution in [1.29, 1.82) is 0 Å². The van der Waals surface area contributed by atoms with Crippen LogP contribution < -0.4 is 4.74 Å². The highest BCUT2D eigenvalue weighted by Gasteiger charge is 2.32. The van der Waals surface area contributed by atoms with Gasteiger partial charge in [0.1, 0.15) is 12.4 Å². The SMILES string of the molecule is CC=CCC1(c2ccc(OCc3ccccc3)cc2)CCCCC1. The fourth-order valence-corrected chi connectivity index (χ4v) is 3.83. The molecule has 0 saturated heterocycles. The van der Waals surface area contributed by atoms with Gasteiger partial charge in [0.05, 0.1) is 0 Å². The van der Waals surface area contributed by atoms with E-state index in [1.165, 1.54) is 43.2 Å². The highest BCUT2D eigenvalue weighted by atomic mass is 16.5. The molecule has 2 aromatic rings. The van der Waals surface area contributed by atoms with E-state index < -0.39 is 0 Å². The number of hydrogen-bond acceptors (Lipinski definition) is 1. The topological polar surface area (TPSA) is 9.23 Å². The summed E-state index contributed by atoms with van der Waals surface area (Å²) in [5, 5.41) is 0. The molecule has 0 amide bonds. The second kappa shape index (κ2) is 8.19. The van der Waals surface area contributed by atoms with Gasteiger partial charge in [-0.1, -0.05) is 73.9 Å². The summed E-state index contributed by atoms with van der Waals surface area (Å²) >= 11 is 0. The van der Waals surface area contributed by atoms with Crippen molar-refractivity contribution < 1.29 is 4.74 Å². The molecule has 24 heavy (non-hydrogen) atoms. The number of allylic oxidation sites excluding steroid dienone is 2. The van der Waals surface area contributed by atoms with Gasteiger partial charge >= 0.3 is 0 Å².